The van der Waals surface area contributed by atoms with Gasteiger partial charge in [0, 0.05) is 27.5 Å². The molecule has 0 aliphatic rings. The van der Waals surface area contributed by atoms with E-state index in [-0.39, 0.29) is 11.8 Å². The minimum Gasteiger partial charge on any atom is -0.323 e. The van der Waals surface area contributed by atoms with E-state index in [0.717, 1.165) is 10.0 Å². The number of carbonyl (C=O) groups is 2. The van der Waals surface area contributed by atoms with Crippen LogP contribution in [0.25, 0.3) is 6.08 Å². The second kappa shape index (κ2) is 8.96. The summed E-state index contributed by atoms with van der Waals surface area (Å²) in [6.07, 6.45) is 3.23. The molecular formula is C22H17BrN2O2. The Bertz CT molecular complexity index is 950. The van der Waals surface area contributed by atoms with Crippen LogP contribution in [-0.2, 0) is 4.79 Å². The molecule has 5 heteroatoms. The zero-order chi connectivity index (χ0) is 19.1. The first-order valence-electron chi connectivity index (χ1n) is 8.31. The molecular weight excluding hydrogens is 404 g/mol. The number of hydrogen-bond acceptors (Lipinski definition) is 2. The van der Waals surface area contributed by atoms with Crippen LogP contribution < -0.4 is 10.6 Å². The lowest BCUT2D eigenvalue weighted by molar-refractivity contribution is -0.111. The van der Waals surface area contributed by atoms with Crippen molar-refractivity contribution in [3.63, 3.8) is 0 Å². The highest BCUT2D eigenvalue weighted by Gasteiger charge is 2.05. The van der Waals surface area contributed by atoms with Gasteiger partial charge in [-0.2, -0.15) is 0 Å². The predicted molar refractivity (Wildman–Crippen MR) is 113 cm³/mol. The fourth-order valence-corrected chi connectivity index (χ4v) is 2.62. The maximum absolute atomic E-state index is 12.1. The second-order valence-electron chi connectivity index (χ2n) is 5.77. The molecule has 134 valence electrons. The number of rotatable bonds is 5. The first kappa shape index (κ1) is 18.6. The summed E-state index contributed by atoms with van der Waals surface area (Å²) in [7, 11) is 0. The molecule has 0 saturated heterocycles. The smallest absolute Gasteiger partial charge is 0.255 e. The van der Waals surface area contributed by atoms with Crippen LogP contribution in [0.1, 0.15) is 15.9 Å². The third-order valence-corrected chi connectivity index (χ3v) is 4.27. The lowest BCUT2D eigenvalue weighted by atomic mass is 10.2. The molecule has 3 rings (SSSR count). The Morgan fingerprint density at radius 2 is 1.33 bits per heavy atom. The highest BCUT2D eigenvalue weighted by atomic mass is 79.9. The van der Waals surface area contributed by atoms with E-state index in [4.69, 9.17) is 0 Å². The second-order valence-corrected chi connectivity index (χ2v) is 6.69. The van der Waals surface area contributed by atoms with Gasteiger partial charge in [0.2, 0.25) is 5.91 Å². The summed E-state index contributed by atoms with van der Waals surface area (Å²) < 4.78 is 0.989. The standard InChI is InChI=1S/C22H17BrN2O2/c23-18-9-6-16(7-10-18)8-15-21(26)24-19-11-13-20(14-12-19)25-22(27)17-4-2-1-3-5-17/h1-15H,(H,24,26)(H,25,27)/b15-8+. The summed E-state index contributed by atoms with van der Waals surface area (Å²) in [5, 5.41) is 5.61. The molecule has 2 amide bonds. The maximum Gasteiger partial charge on any atom is 0.255 e. The average molecular weight is 421 g/mol. The van der Waals surface area contributed by atoms with Crippen molar-refractivity contribution in [3.8, 4) is 0 Å². The SMILES string of the molecule is O=C(/C=C/c1ccc(Br)cc1)Nc1ccc(NC(=O)c2ccccc2)cc1. The summed E-state index contributed by atoms with van der Waals surface area (Å²) in [6.45, 7) is 0. The van der Waals surface area contributed by atoms with Crippen molar-refractivity contribution in [1.82, 2.24) is 0 Å². The van der Waals surface area contributed by atoms with Crippen molar-refractivity contribution in [1.29, 1.82) is 0 Å². The lowest BCUT2D eigenvalue weighted by Gasteiger charge is -2.07. The van der Waals surface area contributed by atoms with E-state index >= 15 is 0 Å². The molecule has 0 atom stereocenters. The Hall–Kier alpha value is -3.18. The van der Waals surface area contributed by atoms with Crippen molar-refractivity contribution < 1.29 is 9.59 Å². The van der Waals surface area contributed by atoms with Crippen LogP contribution in [0, 0.1) is 0 Å². The van der Waals surface area contributed by atoms with Crippen LogP contribution in [0.3, 0.4) is 0 Å². The minimum absolute atomic E-state index is 0.176. The number of carbonyl (C=O) groups excluding carboxylic acids is 2. The number of amides is 2. The number of anilines is 2. The Balaban J connectivity index is 1.56. The highest BCUT2D eigenvalue weighted by Crippen LogP contribution is 2.15. The third kappa shape index (κ3) is 5.66. The average Bonchev–Trinajstić information content (AvgIpc) is 2.70. The number of hydrogen-bond donors (Lipinski definition) is 2. The van der Waals surface area contributed by atoms with Crippen molar-refractivity contribution in [3.05, 3.63) is 101 Å². The molecule has 3 aromatic carbocycles. The molecule has 2 N–H and O–H groups in total. The normalized spacial score (nSPS) is 10.6. The van der Waals surface area contributed by atoms with Gasteiger partial charge in [-0.1, -0.05) is 46.3 Å². The van der Waals surface area contributed by atoms with E-state index in [9.17, 15) is 9.59 Å². The Morgan fingerprint density at radius 3 is 1.96 bits per heavy atom. The van der Waals surface area contributed by atoms with Gasteiger partial charge in [0.25, 0.3) is 5.91 Å². The molecule has 0 aliphatic heterocycles. The van der Waals surface area contributed by atoms with Crippen LogP contribution >= 0.6 is 15.9 Å². The van der Waals surface area contributed by atoms with E-state index in [1.54, 1.807) is 42.5 Å². The number of benzene rings is 3. The molecule has 0 aliphatic carbocycles. The predicted octanol–water partition coefficient (Wildman–Crippen LogP) is 5.35. The van der Waals surface area contributed by atoms with Gasteiger partial charge in [-0.25, -0.2) is 0 Å². The molecule has 0 fully saturated rings. The summed E-state index contributed by atoms with van der Waals surface area (Å²) in [5.74, 6) is -0.399. The fourth-order valence-electron chi connectivity index (χ4n) is 2.36. The largest absolute Gasteiger partial charge is 0.323 e. The van der Waals surface area contributed by atoms with Gasteiger partial charge in [-0.15, -0.1) is 0 Å². The molecule has 4 nitrogen and oxygen atoms in total. The molecule has 0 radical (unpaired) electrons. The van der Waals surface area contributed by atoms with Gasteiger partial charge < -0.3 is 10.6 Å². The zero-order valence-corrected chi connectivity index (χ0v) is 15.9. The van der Waals surface area contributed by atoms with Gasteiger partial charge in [0.05, 0.1) is 0 Å². The third-order valence-electron chi connectivity index (χ3n) is 3.74. The summed E-state index contributed by atoms with van der Waals surface area (Å²) >= 11 is 3.37. The Labute approximate surface area is 166 Å². The molecule has 0 spiro atoms. The van der Waals surface area contributed by atoms with E-state index in [2.05, 4.69) is 26.6 Å². The van der Waals surface area contributed by atoms with E-state index in [1.807, 2.05) is 42.5 Å². The molecule has 3 aromatic rings. The molecule has 0 unspecified atom stereocenters. The van der Waals surface area contributed by atoms with Crippen LogP contribution in [0.15, 0.2) is 89.4 Å². The van der Waals surface area contributed by atoms with Crippen LogP contribution in [0.4, 0.5) is 11.4 Å². The van der Waals surface area contributed by atoms with Crippen LogP contribution in [0.5, 0.6) is 0 Å². The summed E-state index contributed by atoms with van der Waals surface area (Å²) in [4.78, 5) is 24.1. The summed E-state index contributed by atoms with van der Waals surface area (Å²) in [6, 6.07) is 23.6. The quantitative estimate of drug-likeness (QED) is 0.546. The molecule has 0 saturated carbocycles. The Kier molecular flexibility index (Phi) is 6.18. The van der Waals surface area contributed by atoms with Gasteiger partial charge in [0.15, 0.2) is 0 Å². The topological polar surface area (TPSA) is 58.2 Å². The van der Waals surface area contributed by atoms with Crippen molar-refractivity contribution >= 4 is 45.2 Å². The van der Waals surface area contributed by atoms with Gasteiger partial charge >= 0.3 is 0 Å². The van der Waals surface area contributed by atoms with E-state index < -0.39 is 0 Å². The van der Waals surface area contributed by atoms with E-state index in [0.29, 0.717) is 16.9 Å². The zero-order valence-electron chi connectivity index (χ0n) is 14.4. The fraction of sp³-hybridized carbons (Fsp3) is 0. The molecule has 27 heavy (non-hydrogen) atoms. The van der Waals surface area contributed by atoms with Crippen LogP contribution in [-0.4, -0.2) is 11.8 Å². The molecule has 0 aromatic heterocycles. The maximum atomic E-state index is 12.1. The van der Waals surface area contributed by atoms with E-state index in [1.165, 1.54) is 6.08 Å². The monoisotopic (exact) mass is 420 g/mol. The first-order chi connectivity index (χ1) is 13.1. The first-order valence-corrected chi connectivity index (χ1v) is 9.10. The van der Waals surface area contributed by atoms with Crippen molar-refractivity contribution in [2.24, 2.45) is 0 Å². The Morgan fingerprint density at radius 1 is 0.741 bits per heavy atom. The van der Waals surface area contributed by atoms with Gasteiger partial charge in [-0.05, 0) is 60.2 Å². The highest BCUT2D eigenvalue weighted by molar-refractivity contribution is 9.10. The summed E-state index contributed by atoms with van der Waals surface area (Å²) in [5.41, 5.74) is 2.84. The lowest BCUT2D eigenvalue weighted by Crippen LogP contribution is -2.12. The van der Waals surface area contributed by atoms with Crippen molar-refractivity contribution in [2.75, 3.05) is 10.6 Å². The molecule has 0 bridgehead atoms. The van der Waals surface area contributed by atoms with Gasteiger partial charge in [0.1, 0.15) is 0 Å². The number of nitrogens with one attached hydrogen (secondary N) is 2. The minimum atomic E-state index is -0.223. The number of halogens is 1. The van der Waals surface area contributed by atoms with Crippen molar-refractivity contribution in [2.45, 2.75) is 0 Å². The van der Waals surface area contributed by atoms with Crippen LogP contribution in [0.2, 0.25) is 0 Å². The molecule has 0 heterocycles. The van der Waals surface area contributed by atoms with Gasteiger partial charge in [-0.3, -0.25) is 9.59 Å².